The van der Waals surface area contributed by atoms with E-state index >= 15 is 0 Å². The first kappa shape index (κ1) is 15.3. The zero-order valence-corrected chi connectivity index (χ0v) is 12.7. The maximum absolute atomic E-state index is 12.1. The van der Waals surface area contributed by atoms with E-state index < -0.39 is 0 Å². The molecule has 0 saturated heterocycles. The largest absolute Gasteiger partial charge is 0.465 e. The fraction of sp³-hybridized carbons (Fsp3) is 0.412. The summed E-state index contributed by atoms with van der Waals surface area (Å²) in [5, 5.41) is 0. The molecule has 2 rings (SSSR count). The average Bonchev–Trinajstić information content (AvgIpc) is 2.48. The molecule has 112 valence electrons. The lowest BCUT2D eigenvalue weighted by Crippen LogP contribution is -2.19. The third-order valence-corrected chi connectivity index (χ3v) is 3.38. The molecule has 0 atom stereocenters. The lowest BCUT2D eigenvalue weighted by Gasteiger charge is -2.10. The van der Waals surface area contributed by atoms with E-state index in [4.69, 9.17) is 4.74 Å². The van der Waals surface area contributed by atoms with Crippen molar-refractivity contribution in [3.8, 4) is 6.01 Å². The van der Waals surface area contributed by atoms with Gasteiger partial charge in [0.1, 0.15) is 0 Å². The van der Waals surface area contributed by atoms with Gasteiger partial charge >= 0.3 is 0 Å². The van der Waals surface area contributed by atoms with Gasteiger partial charge in [-0.25, -0.2) is 4.98 Å². The predicted octanol–water partition coefficient (Wildman–Crippen LogP) is 3.10. The van der Waals surface area contributed by atoms with Gasteiger partial charge in [0, 0.05) is 12.0 Å². The number of benzene rings is 1. The smallest absolute Gasteiger partial charge is 0.296 e. The van der Waals surface area contributed by atoms with Gasteiger partial charge in [0.05, 0.1) is 12.3 Å². The van der Waals surface area contributed by atoms with Gasteiger partial charge in [0.15, 0.2) is 0 Å². The Balaban J connectivity index is 2.26. The van der Waals surface area contributed by atoms with Crippen LogP contribution in [0.3, 0.4) is 0 Å². The molecule has 1 aromatic carbocycles. The maximum atomic E-state index is 12.1. The Morgan fingerprint density at radius 3 is 2.62 bits per heavy atom. The van der Waals surface area contributed by atoms with Crippen LogP contribution in [0.25, 0.3) is 0 Å². The molecule has 0 aliphatic rings. The van der Waals surface area contributed by atoms with Crippen molar-refractivity contribution in [1.29, 1.82) is 0 Å². The molecule has 4 heteroatoms. The molecular formula is C17H22N2O2. The first-order valence-corrected chi connectivity index (χ1v) is 7.53. The van der Waals surface area contributed by atoms with E-state index in [0.717, 1.165) is 29.7 Å². The minimum atomic E-state index is -0.0927. The van der Waals surface area contributed by atoms with Crippen LogP contribution < -0.4 is 10.3 Å². The number of nitrogens with zero attached hydrogens (tertiary/aromatic N) is 1. The van der Waals surface area contributed by atoms with Crippen molar-refractivity contribution in [2.75, 3.05) is 6.61 Å². The molecule has 0 saturated carbocycles. The van der Waals surface area contributed by atoms with E-state index in [1.165, 1.54) is 0 Å². The van der Waals surface area contributed by atoms with Crippen LogP contribution in [0, 0.1) is 0 Å². The van der Waals surface area contributed by atoms with E-state index in [2.05, 4.69) is 16.9 Å². The third kappa shape index (κ3) is 4.18. The summed E-state index contributed by atoms with van der Waals surface area (Å²) in [6, 6.07) is 10.4. The van der Waals surface area contributed by atoms with Gasteiger partial charge in [-0.3, -0.25) is 9.78 Å². The standard InChI is InChI=1S/C17H22N2O2/c1-3-5-11-21-17-18-15(14(4-2)16(20)19-17)12-13-9-7-6-8-10-13/h6-10H,3-5,11-12H2,1-2H3,(H,18,19,20). The molecule has 0 unspecified atom stereocenters. The molecular weight excluding hydrogens is 264 g/mol. The lowest BCUT2D eigenvalue weighted by atomic mass is 10.0. The molecule has 0 aliphatic carbocycles. The number of rotatable bonds is 7. The Labute approximate surface area is 125 Å². The number of nitrogens with one attached hydrogen (secondary N) is 1. The molecule has 4 nitrogen and oxygen atoms in total. The van der Waals surface area contributed by atoms with Crippen molar-refractivity contribution in [3.63, 3.8) is 0 Å². The van der Waals surface area contributed by atoms with Gasteiger partial charge < -0.3 is 4.74 Å². The van der Waals surface area contributed by atoms with Crippen LogP contribution in [-0.4, -0.2) is 16.6 Å². The van der Waals surface area contributed by atoms with E-state index in [9.17, 15) is 4.79 Å². The molecule has 1 aromatic heterocycles. The van der Waals surface area contributed by atoms with Crippen LogP contribution in [-0.2, 0) is 12.8 Å². The molecule has 1 N–H and O–H groups in total. The van der Waals surface area contributed by atoms with Crippen LogP contribution in [0.15, 0.2) is 35.1 Å². The number of H-pyrrole nitrogens is 1. The summed E-state index contributed by atoms with van der Waals surface area (Å²) in [4.78, 5) is 19.4. The first-order valence-electron chi connectivity index (χ1n) is 7.53. The molecule has 1 heterocycles. The summed E-state index contributed by atoms with van der Waals surface area (Å²) < 4.78 is 5.54. The summed E-state index contributed by atoms with van der Waals surface area (Å²) in [7, 11) is 0. The number of aromatic amines is 1. The summed E-state index contributed by atoms with van der Waals surface area (Å²) in [6.45, 7) is 4.65. The summed E-state index contributed by atoms with van der Waals surface area (Å²) in [5.74, 6) is 0. The van der Waals surface area contributed by atoms with Crippen molar-refractivity contribution < 1.29 is 4.74 Å². The van der Waals surface area contributed by atoms with E-state index in [1.54, 1.807) is 0 Å². The van der Waals surface area contributed by atoms with E-state index in [1.807, 2.05) is 37.3 Å². The molecule has 0 bridgehead atoms. The lowest BCUT2D eigenvalue weighted by molar-refractivity contribution is 0.283. The van der Waals surface area contributed by atoms with Gasteiger partial charge in [-0.05, 0) is 18.4 Å². The van der Waals surface area contributed by atoms with Crippen LogP contribution in [0.5, 0.6) is 6.01 Å². The van der Waals surface area contributed by atoms with Crippen molar-refractivity contribution in [1.82, 2.24) is 9.97 Å². The fourth-order valence-corrected chi connectivity index (χ4v) is 2.20. The maximum Gasteiger partial charge on any atom is 0.296 e. The number of hydrogen-bond acceptors (Lipinski definition) is 3. The Bertz CT molecular complexity index is 620. The zero-order valence-electron chi connectivity index (χ0n) is 12.7. The van der Waals surface area contributed by atoms with Crippen LogP contribution in [0.2, 0.25) is 0 Å². The SMILES string of the molecule is CCCCOc1nc(Cc2ccccc2)c(CC)c(=O)[nH]1. The Morgan fingerprint density at radius 1 is 1.19 bits per heavy atom. The summed E-state index contributed by atoms with van der Waals surface area (Å²) in [5.41, 5.74) is 2.59. The van der Waals surface area contributed by atoms with Crippen molar-refractivity contribution in [3.05, 3.63) is 57.5 Å². The number of unbranched alkanes of at least 4 members (excludes halogenated alkanes) is 1. The minimum absolute atomic E-state index is 0.0927. The number of hydrogen-bond donors (Lipinski definition) is 1. The molecule has 21 heavy (non-hydrogen) atoms. The third-order valence-electron chi connectivity index (χ3n) is 3.38. The molecule has 0 aliphatic heterocycles. The van der Waals surface area contributed by atoms with Gasteiger partial charge in [0.2, 0.25) is 0 Å². The highest BCUT2D eigenvalue weighted by Crippen LogP contribution is 2.12. The summed E-state index contributed by atoms with van der Waals surface area (Å²) >= 11 is 0. The fourth-order valence-electron chi connectivity index (χ4n) is 2.20. The number of aromatic nitrogens is 2. The second-order valence-corrected chi connectivity index (χ2v) is 5.01. The Morgan fingerprint density at radius 2 is 1.95 bits per heavy atom. The second kappa shape index (κ2) is 7.62. The predicted molar refractivity (Wildman–Crippen MR) is 83.9 cm³/mol. The normalized spacial score (nSPS) is 10.6. The highest BCUT2D eigenvalue weighted by molar-refractivity contribution is 5.27. The van der Waals surface area contributed by atoms with Gasteiger partial charge in [0.25, 0.3) is 11.6 Å². The molecule has 0 fully saturated rings. The van der Waals surface area contributed by atoms with Crippen molar-refractivity contribution >= 4 is 0 Å². The molecule has 0 amide bonds. The van der Waals surface area contributed by atoms with Crippen molar-refractivity contribution in [2.45, 2.75) is 39.5 Å². The van der Waals surface area contributed by atoms with E-state index in [0.29, 0.717) is 25.5 Å². The Kier molecular flexibility index (Phi) is 5.55. The Hall–Kier alpha value is -2.10. The molecule has 0 spiro atoms. The highest BCUT2D eigenvalue weighted by atomic mass is 16.5. The first-order chi connectivity index (χ1) is 10.2. The molecule has 2 aromatic rings. The number of ether oxygens (including phenoxy) is 1. The highest BCUT2D eigenvalue weighted by Gasteiger charge is 2.11. The van der Waals surface area contributed by atoms with Crippen molar-refractivity contribution in [2.24, 2.45) is 0 Å². The quantitative estimate of drug-likeness (QED) is 0.796. The van der Waals surface area contributed by atoms with Gasteiger partial charge in [-0.1, -0.05) is 50.6 Å². The van der Waals surface area contributed by atoms with Gasteiger partial charge in [-0.15, -0.1) is 0 Å². The second-order valence-electron chi connectivity index (χ2n) is 5.01. The minimum Gasteiger partial charge on any atom is -0.465 e. The zero-order chi connectivity index (χ0) is 15.1. The average molecular weight is 286 g/mol. The van der Waals surface area contributed by atoms with Crippen LogP contribution in [0.4, 0.5) is 0 Å². The topological polar surface area (TPSA) is 55.0 Å². The van der Waals surface area contributed by atoms with Crippen LogP contribution >= 0.6 is 0 Å². The van der Waals surface area contributed by atoms with E-state index in [-0.39, 0.29) is 5.56 Å². The molecule has 0 radical (unpaired) electrons. The monoisotopic (exact) mass is 286 g/mol. The van der Waals surface area contributed by atoms with Gasteiger partial charge in [-0.2, -0.15) is 0 Å². The summed E-state index contributed by atoms with van der Waals surface area (Å²) in [6.07, 6.45) is 3.32. The van der Waals surface area contributed by atoms with Crippen LogP contribution in [0.1, 0.15) is 43.5 Å².